The number of benzene rings is 5. The summed E-state index contributed by atoms with van der Waals surface area (Å²) in [5.41, 5.74) is 2.02. The minimum Gasteiger partial charge on any atom is -0.274 e. The molecule has 3 fully saturated rings. The highest BCUT2D eigenvalue weighted by molar-refractivity contribution is 8.01. The standard InChI is InChI=1S/C46H40N2O4P/c49-43-36-18-10-11-19-37(36)44(50)48(43)28-31-24-30-25-40(31)41-23-29(22-39(30)41)27-47-45(51)38-21-20-35(26-42(38)46(47)52)53(32-12-4-1-5-13-32,33-14-6-2-7-15-33)34-16-8-3-9-17-34/h1-21,26,29-31,39-41H,22-25,27-28H2/q+1. The molecule has 0 N–H and O–H groups in total. The maximum absolute atomic E-state index is 14.3. The molecule has 6 atom stereocenters. The van der Waals surface area contributed by atoms with Gasteiger partial charge in [0.2, 0.25) is 0 Å². The number of carbonyl (C=O) groups is 4. The van der Waals surface area contributed by atoms with Crippen LogP contribution in [0.25, 0.3) is 0 Å². The van der Waals surface area contributed by atoms with Crippen molar-refractivity contribution in [2.45, 2.75) is 25.7 Å². The van der Waals surface area contributed by atoms with Gasteiger partial charge >= 0.3 is 0 Å². The van der Waals surface area contributed by atoms with Gasteiger partial charge < -0.3 is 0 Å². The van der Waals surface area contributed by atoms with E-state index in [0.29, 0.717) is 64.9 Å². The number of nitrogens with zero attached hydrogens (tertiary/aromatic N) is 2. The molecule has 6 nitrogen and oxygen atoms in total. The summed E-state index contributed by atoms with van der Waals surface area (Å²) in [6.07, 6.45) is 4.19. The van der Waals surface area contributed by atoms with E-state index in [4.69, 9.17) is 0 Å². The predicted molar refractivity (Wildman–Crippen MR) is 208 cm³/mol. The summed E-state index contributed by atoms with van der Waals surface area (Å²) < 4.78 is 0. The number of fused-ring (bicyclic) bond motifs is 7. The summed E-state index contributed by atoms with van der Waals surface area (Å²) in [6, 6.07) is 44.8. The van der Waals surface area contributed by atoms with Crippen LogP contribution in [0.5, 0.6) is 0 Å². The molecule has 4 amide bonds. The molecule has 2 bridgehead atoms. The van der Waals surface area contributed by atoms with Gasteiger partial charge in [-0.3, -0.25) is 29.0 Å². The molecule has 7 heteroatoms. The van der Waals surface area contributed by atoms with Gasteiger partial charge in [-0.1, -0.05) is 66.7 Å². The summed E-state index contributed by atoms with van der Waals surface area (Å²) in [6.45, 7) is 0.925. The van der Waals surface area contributed by atoms with E-state index in [1.165, 1.54) is 25.7 Å². The fraction of sp³-hybridized carbons (Fsp3) is 0.261. The van der Waals surface area contributed by atoms with E-state index in [-0.39, 0.29) is 29.5 Å². The Bertz CT molecular complexity index is 2160. The average molecular weight is 716 g/mol. The Labute approximate surface area is 310 Å². The zero-order valence-corrected chi connectivity index (χ0v) is 30.3. The topological polar surface area (TPSA) is 74.8 Å². The lowest BCUT2D eigenvalue weighted by molar-refractivity contribution is 0.0581. The van der Waals surface area contributed by atoms with Crippen molar-refractivity contribution < 1.29 is 19.2 Å². The highest BCUT2D eigenvalue weighted by Crippen LogP contribution is 2.62. The molecule has 3 aliphatic carbocycles. The van der Waals surface area contributed by atoms with Crippen LogP contribution in [0.2, 0.25) is 0 Å². The average Bonchev–Trinajstić information content (AvgIpc) is 4.00. The Morgan fingerprint density at radius 1 is 0.434 bits per heavy atom. The second kappa shape index (κ2) is 12.5. The van der Waals surface area contributed by atoms with Crippen molar-refractivity contribution in [3.8, 4) is 0 Å². The lowest BCUT2D eigenvalue weighted by Gasteiger charge is -2.33. The Balaban J connectivity index is 0.907. The highest BCUT2D eigenvalue weighted by atomic mass is 31.2. The van der Waals surface area contributed by atoms with Crippen molar-refractivity contribution in [1.29, 1.82) is 0 Å². The molecule has 262 valence electrons. The molecule has 0 saturated heterocycles. The second-order valence-corrected chi connectivity index (χ2v) is 19.1. The van der Waals surface area contributed by atoms with Crippen molar-refractivity contribution in [3.63, 3.8) is 0 Å². The number of rotatable bonds is 8. The van der Waals surface area contributed by atoms with Gasteiger partial charge in [-0.25, -0.2) is 0 Å². The number of carbonyl (C=O) groups excluding carboxylic acids is 4. The second-order valence-electron chi connectivity index (χ2n) is 15.7. The van der Waals surface area contributed by atoms with E-state index >= 15 is 0 Å². The van der Waals surface area contributed by atoms with Crippen LogP contribution in [0, 0.1) is 35.5 Å². The van der Waals surface area contributed by atoms with Crippen molar-refractivity contribution in [2.24, 2.45) is 35.5 Å². The van der Waals surface area contributed by atoms with Gasteiger partial charge in [0.15, 0.2) is 0 Å². The van der Waals surface area contributed by atoms with Gasteiger partial charge in [0, 0.05) is 13.1 Å². The van der Waals surface area contributed by atoms with E-state index in [9.17, 15) is 19.2 Å². The third kappa shape index (κ3) is 4.88. The van der Waals surface area contributed by atoms with Crippen molar-refractivity contribution >= 4 is 52.1 Å². The molecular weight excluding hydrogens is 675 g/mol. The van der Waals surface area contributed by atoms with Crippen LogP contribution in [0.4, 0.5) is 0 Å². The highest BCUT2D eigenvalue weighted by Gasteiger charge is 2.57. The van der Waals surface area contributed by atoms with E-state index < -0.39 is 7.26 Å². The molecule has 2 heterocycles. The summed E-state index contributed by atoms with van der Waals surface area (Å²) in [4.78, 5) is 57.6. The maximum atomic E-state index is 14.3. The SMILES string of the molecule is O=C1c2ccc([P+](c3ccccc3)(c3ccccc3)c3ccccc3)cc2C(=O)N1CC1CC2C3CC(CN4C(=O)c5ccccc5C4=O)C(C3)C2C1. The monoisotopic (exact) mass is 715 g/mol. The Kier molecular flexibility index (Phi) is 7.63. The van der Waals surface area contributed by atoms with Crippen LogP contribution in [0.15, 0.2) is 133 Å². The number of amides is 4. The molecule has 5 aliphatic rings. The first-order valence-electron chi connectivity index (χ1n) is 19.0. The zero-order valence-electron chi connectivity index (χ0n) is 29.4. The molecule has 10 rings (SSSR count). The molecule has 6 unspecified atom stereocenters. The van der Waals surface area contributed by atoms with Gasteiger partial charge in [-0.15, -0.1) is 0 Å². The first-order valence-corrected chi connectivity index (χ1v) is 20.7. The van der Waals surface area contributed by atoms with Gasteiger partial charge in [-0.05, 0) is 128 Å². The molecule has 53 heavy (non-hydrogen) atoms. The van der Waals surface area contributed by atoms with Gasteiger partial charge in [0.25, 0.3) is 23.6 Å². The van der Waals surface area contributed by atoms with Crippen molar-refractivity contribution in [1.82, 2.24) is 9.80 Å². The van der Waals surface area contributed by atoms with E-state index in [2.05, 4.69) is 78.9 Å². The van der Waals surface area contributed by atoms with Crippen molar-refractivity contribution in [2.75, 3.05) is 13.1 Å². The van der Waals surface area contributed by atoms with Crippen LogP contribution >= 0.6 is 7.26 Å². The minimum absolute atomic E-state index is 0.168. The van der Waals surface area contributed by atoms with Crippen LogP contribution in [0.1, 0.15) is 67.1 Å². The van der Waals surface area contributed by atoms with Gasteiger partial charge in [-0.2, -0.15) is 0 Å². The molecule has 0 spiro atoms. The largest absolute Gasteiger partial charge is 0.274 e. The van der Waals surface area contributed by atoms with Crippen LogP contribution in [0.3, 0.4) is 0 Å². The lowest BCUT2D eigenvalue weighted by atomic mass is 9.75. The number of hydrogen-bond donors (Lipinski definition) is 0. The predicted octanol–water partition coefficient (Wildman–Crippen LogP) is 6.50. The van der Waals surface area contributed by atoms with E-state index in [1.54, 1.807) is 12.1 Å². The fourth-order valence-corrected chi connectivity index (χ4v) is 15.4. The summed E-state index contributed by atoms with van der Waals surface area (Å²) in [5.74, 6) is 1.97. The number of hydrogen-bond acceptors (Lipinski definition) is 4. The Hall–Kier alpha value is -5.19. The summed E-state index contributed by atoms with van der Waals surface area (Å²) in [7, 11) is -2.42. The fourth-order valence-electron chi connectivity index (χ4n) is 11.1. The third-order valence-corrected chi connectivity index (χ3v) is 17.5. The molecule has 3 saturated carbocycles. The van der Waals surface area contributed by atoms with Crippen LogP contribution < -0.4 is 21.2 Å². The molecule has 5 aromatic rings. The number of imide groups is 2. The van der Waals surface area contributed by atoms with Crippen LogP contribution in [-0.2, 0) is 0 Å². The van der Waals surface area contributed by atoms with Crippen LogP contribution in [-0.4, -0.2) is 46.5 Å². The molecule has 2 aliphatic heterocycles. The maximum Gasteiger partial charge on any atom is 0.261 e. The van der Waals surface area contributed by atoms with E-state index in [0.717, 1.165) is 31.0 Å². The molecular formula is C46H40N2O4P+. The first-order chi connectivity index (χ1) is 25.9. The zero-order chi connectivity index (χ0) is 35.8. The Morgan fingerprint density at radius 2 is 0.906 bits per heavy atom. The van der Waals surface area contributed by atoms with Gasteiger partial charge in [0.05, 0.1) is 22.3 Å². The molecule has 0 radical (unpaired) electrons. The molecule has 5 aromatic carbocycles. The molecule has 0 aromatic heterocycles. The normalized spacial score (nSPS) is 25.7. The van der Waals surface area contributed by atoms with E-state index in [1.807, 2.05) is 42.5 Å². The lowest BCUT2D eigenvalue weighted by Crippen LogP contribution is -2.39. The summed E-state index contributed by atoms with van der Waals surface area (Å²) in [5, 5.41) is 4.64. The Morgan fingerprint density at radius 3 is 1.47 bits per heavy atom. The third-order valence-electron chi connectivity index (χ3n) is 13.2. The van der Waals surface area contributed by atoms with Gasteiger partial charge in [0.1, 0.15) is 28.5 Å². The van der Waals surface area contributed by atoms with Crippen molar-refractivity contribution in [3.05, 3.63) is 156 Å². The first kappa shape index (κ1) is 32.5. The smallest absolute Gasteiger partial charge is 0.261 e. The quantitative estimate of drug-likeness (QED) is 0.136. The summed E-state index contributed by atoms with van der Waals surface area (Å²) >= 11 is 0. The minimum atomic E-state index is -2.42.